The molecule has 0 heterocycles. The summed E-state index contributed by atoms with van der Waals surface area (Å²) in [6, 6.07) is 5.26. The van der Waals surface area contributed by atoms with E-state index in [4.69, 9.17) is 13.9 Å². The maximum atomic E-state index is 11.6. The van der Waals surface area contributed by atoms with E-state index in [1.54, 1.807) is 0 Å². The largest absolute Gasteiger partial charge is 0.513 e. The van der Waals surface area contributed by atoms with E-state index in [0.717, 1.165) is 25.9 Å². The molecule has 8 heteroatoms. The van der Waals surface area contributed by atoms with Crippen LogP contribution < -0.4 is 4.74 Å². The highest BCUT2D eigenvalue weighted by molar-refractivity contribution is 6.74. The first-order chi connectivity index (χ1) is 12.0. The van der Waals surface area contributed by atoms with Gasteiger partial charge in [0.05, 0.1) is 11.5 Å². The van der Waals surface area contributed by atoms with E-state index in [1.807, 2.05) is 0 Å². The highest BCUT2D eigenvalue weighted by Gasteiger charge is 2.36. The predicted molar refractivity (Wildman–Crippen MR) is 102 cm³/mol. The molecule has 0 saturated heterocycles. The number of rotatable bonds is 9. The van der Waals surface area contributed by atoms with Crippen LogP contribution in [0.15, 0.2) is 24.3 Å². The van der Waals surface area contributed by atoms with Crippen LogP contribution in [-0.2, 0) is 9.16 Å². The molecule has 0 saturated carbocycles. The number of non-ortho nitro benzene ring substituents is 1. The van der Waals surface area contributed by atoms with Gasteiger partial charge in [-0.25, -0.2) is 4.79 Å². The van der Waals surface area contributed by atoms with E-state index in [-0.39, 0.29) is 23.1 Å². The third-order valence-electron chi connectivity index (χ3n) is 4.53. The summed E-state index contributed by atoms with van der Waals surface area (Å²) in [5, 5.41) is 10.8. The molecule has 26 heavy (non-hydrogen) atoms. The standard InChI is InChI=1S/C18H29NO6Si/c1-18(2,3)26(4,5)24-14-8-6-7-13-23-17(20)25-16-11-9-15(10-12-16)19(21)22/h9-12H,6-8,13-14H2,1-5H3. The van der Waals surface area contributed by atoms with Crippen LogP contribution in [-0.4, -0.2) is 32.6 Å². The second kappa shape index (κ2) is 9.68. The number of hydrogen-bond acceptors (Lipinski definition) is 6. The van der Waals surface area contributed by atoms with Crippen molar-refractivity contribution >= 4 is 20.2 Å². The second-order valence-electron chi connectivity index (χ2n) is 7.62. The number of benzene rings is 1. The minimum Gasteiger partial charge on any atom is -0.434 e. The lowest BCUT2D eigenvalue weighted by atomic mass is 10.2. The summed E-state index contributed by atoms with van der Waals surface area (Å²) in [5.74, 6) is 0.211. The Kier molecular flexibility index (Phi) is 8.23. The number of unbranched alkanes of at least 4 members (excludes halogenated alkanes) is 2. The van der Waals surface area contributed by atoms with Gasteiger partial charge >= 0.3 is 6.16 Å². The molecule has 146 valence electrons. The Hall–Kier alpha value is -1.93. The molecule has 0 unspecified atom stereocenters. The van der Waals surface area contributed by atoms with E-state index in [1.165, 1.54) is 24.3 Å². The Balaban J connectivity index is 2.16. The van der Waals surface area contributed by atoms with Gasteiger partial charge in [0.2, 0.25) is 0 Å². The summed E-state index contributed by atoms with van der Waals surface area (Å²) in [6.45, 7) is 12.1. The van der Waals surface area contributed by atoms with Gasteiger partial charge in [-0.15, -0.1) is 0 Å². The summed E-state index contributed by atoms with van der Waals surface area (Å²) >= 11 is 0. The molecule has 0 bridgehead atoms. The number of ether oxygens (including phenoxy) is 2. The third kappa shape index (κ3) is 7.53. The molecular formula is C18H29NO6Si. The number of hydrogen-bond donors (Lipinski definition) is 0. The fraction of sp³-hybridized carbons (Fsp3) is 0.611. The van der Waals surface area contributed by atoms with E-state index in [2.05, 4.69) is 33.9 Å². The average Bonchev–Trinajstić information content (AvgIpc) is 2.53. The van der Waals surface area contributed by atoms with Crippen LogP contribution in [0.2, 0.25) is 18.1 Å². The number of nitrogens with zero attached hydrogens (tertiary/aromatic N) is 1. The molecule has 0 atom stereocenters. The molecule has 7 nitrogen and oxygen atoms in total. The van der Waals surface area contributed by atoms with Gasteiger partial charge in [-0.1, -0.05) is 20.8 Å². The number of nitro benzene ring substituents is 1. The first-order valence-corrected chi connectivity index (χ1v) is 11.7. The van der Waals surface area contributed by atoms with Crippen molar-refractivity contribution in [3.63, 3.8) is 0 Å². The van der Waals surface area contributed by atoms with Gasteiger partial charge in [-0.2, -0.15) is 0 Å². The maximum Gasteiger partial charge on any atom is 0.513 e. The van der Waals surface area contributed by atoms with E-state index >= 15 is 0 Å². The van der Waals surface area contributed by atoms with Gasteiger partial charge in [0, 0.05) is 18.7 Å². The zero-order chi connectivity index (χ0) is 19.8. The zero-order valence-electron chi connectivity index (χ0n) is 16.2. The molecule has 0 aliphatic rings. The first kappa shape index (κ1) is 22.1. The van der Waals surface area contributed by atoms with Crippen molar-refractivity contribution in [3.8, 4) is 5.75 Å². The van der Waals surface area contributed by atoms with Crippen molar-refractivity contribution in [2.24, 2.45) is 0 Å². The monoisotopic (exact) mass is 383 g/mol. The highest BCUT2D eigenvalue weighted by atomic mass is 28.4. The molecule has 1 aromatic rings. The van der Waals surface area contributed by atoms with E-state index in [9.17, 15) is 14.9 Å². The number of carbonyl (C=O) groups is 1. The van der Waals surface area contributed by atoms with Crippen molar-refractivity contribution in [2.45, 2.75) is 58.2 Å². The van der Waals surface area contributed by atoms with Crippen LogP contribution in [0.4, 0.5) is 10.5 Å². The normalized spacial score (nSPS) is 11.9. The van der Waals surface area contributed by atoms with Crippen molar-refractivity contribution in [2.75, 3.05) is 13.2 Å². The molecule has 0 spiro atoms. The lowest BCUT2D eigenvalue weighted by molar-refractivity contribution is -0.384. The van der Waals surface area contributed by atoms with E-state index in [0.29, 0.717) is 0 Å². The van der Waals surface area contributed by atoms with Crippen LogP contribution in [0, 0.1) is 10.1 Å². The fourth-order valence-electron chi connectivity index (χ4n) is 1.84. The molecule has 0 N–H and O–H groups in total. The summed E-state index contributed by atoms with van der Waals surface area (Å²) in [4.78, 5) is 21.6. The topological polar surface area (TPSA) is 87.9 Å². The van der Waals surface area contributed by atoms with Gasteiger partial charge in [0.1, 0.15) is 5.75 Å². The Bertz CT molecular complexity index is 595. The quantitative estimate of drug-likeness (QED) is 0.143. The molecule has 0 aliphatic carbocycles. The van der Waals surface area contributed by atoms with Gasteiger partial charge in [-0.3, -0.25) is 10.1 Å². The Morgan fingerprint density at radius 1 is 1.08 bits per heavy atom. The average molecular weight is 384 g/mol. The summed E-state index contributed by atoms with van der Waals surface area (Å²) in [7, 11) is -1.69. The minimum absolute atomic E-state index is 0.0642. The van der Waals surface area contributed by atoms with Crippen LogP contribution in [0.1, 0.15) is 40.0 Å². The first-order valence-electron chi connectivity index (χ1n) is 8.76. The summed E-state index contributed by atoms with van der Waals surface area (Å²) < 4.78 is 16.0. The van der Waals surface area contributed by atoms with E-state index < -0.39 is 19.4 Å². The Morgan fingerprint density at radius 3 is 2.19 bits per heavy atom. The smallest absolute Gasteiger partial charge is 0.434 e. The van der Waals surface area contributed by atoms with Crippen LogP contribution in [0.5, 0.6) is 5.75 Å². The van der Waals surface area contributed by atoms with Crippen molar-refractivity contribution in [1.29, 1.82) is 0 Å². The lowest BCUT2D eigenvalue weighted by Crippen LogP contribution is -2.40. The second-order valence-corrected chi connectivity index (χ2v) is 12.4. The summed E-state index contributed by atoms with van der Waals surface area (Å²) in [6.07, 6.45) is 1.75. The summed E-state index contributed by atoms with van der Waals surface area (Å²) in [5.41, 5.74) is -0.0642. The minimum atomic E-state index is -1.69. The Labute approximate surface area is 155 Å². The van der Waals surface area contributed by atoms with Crippen LogP contribution in [0.3, 0.4) is 0 Å². The van der Waals surface area contributed by atoms with Crippen LogP contribution >= 0.6 is 0 Å². The predicted octanol–water partition coefficient (Wildman–Crippen LogP) is 5.30. The maximum absolute atomic E-state index is 11.6. The van der Waals surface area contributed by atoms with Gasteiger partial charge in [0.25, 0.3) is 5.69 Å². The number of carbonyl (C=O) groups excluding carboxylic acids is 1. The Morgan fingerprint density at radius 2 is 1.65 bits per heavy atom. The zero-order valence-corrected chi connectivity index (χ0v) is 17.2. The molecule has 1 aromatic carbocycles. The highest BCUT2D eigenvalue weighted by Crippen LogP contribution is 2.36. The number of nitro groups is 1. The molecule has 0 radical (unpaired) electrons. The fourth-order valence-corrected chi connectivity index (χ4v) is 2.93. The van der Waals surface area contributed by atoms with Crippen molar-refractivity contribution < 1.29 is 23.6 Å². The van der Waals surface area contributed by atoms with Gasteiger partial charge in [0.15, 0.2) is 8.32 Å². The lowest BCUT2D eigenvalue weighted by Gasteiger charge is -2.36. The van der Waals surface area contributed by atoms with Gasteiger partial charge in [-0.05, 0) is 49.5 Å². The van der Waals surface area contributed by atoms with Crippen LogP contribution in [0.25, 0.3) is 0 Å². The molecule has 0 aromatic heterocycles. The molecule has 1 rings (SSSR count). The third-order valence-corrected chi connectivity index (χ3v) is 9.06. The molecule has 0 aliphatic heterocycles. The van der Waals surface area contributed by atoms with Crippen molar-refractivity contribution in [3.05, 3.63) is 34.4 Å². The SMILES string of the molecule is CC(C)(C)[Si](C)(C)OCCCCCOC(=O)Oc1ccc([N+](=O)[O-])cc1. The van der Waals surface area contributed by atoms with Crippen molar-refractivity contribution in [1.82, 2.24) is 0 Å². The van der Waals surface area contributed by atoms with Gasteiger partial charge < -0.3 is 13.9 Å². The molecule has 0 fully saturated rings. The molecular weight excluding hydrogens is 354 g/mol. The molecule has 0 amide bonds.